The van der Waals surface area contributed by atoms with E-state index >= 15 is 0 Å². The highest BCUT2D eigenvalue weighted by Gasteiger charge is 2.38. The summed E-state index contributed by atoms with van der Waals surface area (Å²) in [5.74, 6) is 6.71. The van der Waals surface area contributed by atoms with E-state index < -0.39 is 5.60 Å². The molecule has 0 spiro atoms. The Bertz CT molecular complexity index is 930. The number of pyridine rings is 1. The highest BCUT2D eigenvalue weighted by molar-refractivity contribution is 5.81. The maximum Gasteiger partial charge on any atom is 0.221 e. The fourth-order valence-corrected chi connectivity index (χ4v) is 2.22. The molecule has 108 valence electrons. The van der Waals surface area contributed by atoms with Gasteiger partial charge in [-0.2, -0.15) is 4.98 Å². The van der Waals surface area contributed by atoms with Crippen LogP contribution in [0.1, 0.15) is 18.5 Å². The monoisotopic (exact) mass is 291 g/mol. The second-order valence-electron chi connectivity index (χ2n) is 5.37. The molecule has 1 fully saturated rings. The Kier molecular flexibility index (Phi) is 2.65. The van der Waals surface area contributed by atoms with Crippen molar-refractivity contribution in [2.24, 2.45) is 0 Å². The largest absolute Gasteiger partial charge is 0.378 e. The maximum atomic E-state index is 9.79. The Hall–Kier alpha value is -2.91. The van der Waals surface area contributed by atoms with Gasteiger partial charge in [0.1, 0.15) is 17.1 Å². The van der Waals surface area contributed by atoms with Crippen molar-refractivity contribution in [3.05, 3.63) is 42.5 Å². The van der Waals surface area contributed by atoms with Crippen LogP contribution in [0.4, 0.5) is 5.95 Å². The Morgan fingerprint density at radius 3 is 2.91 bits per heavy atom. The van der Waals surface area contributed by atoms with E-state index in [1.165, 1.54) is 0 Å². The minimum absolute atomic E-state index is 0.226. The molecule has 0 aromatic carbocycles. The minimum Gasteiger partial charge on any atom is -0.378 e. The van der Waals surface area contributed by atoms with Gasteiger partial charge >= 0.3 is 0 Å². The highest BCUT2D eigenvalue weighted by atomic mass is 16.3. The normalized spacial score (nSPS) is 15.3. The molecule has 0 saturated heterocycles. The van der Waals surface area contributed by atoms with Crippen molar-refractivity contribution in [3.8, 4) is 17.7 Å². The molecule has 3 heterocycles. The molecular weight excluding hydrogens is 278 g/mol. The van der Waals surface area contributed by atoms with E-state index in [1.54, 1.807) is 18.5 Å². The lowest BCUT2D eigenvalue weighted by atomic mass is 10.2. The number of fused-ring (bicyclic) bond motifs is 1. The number of nitrogens with zero attached hydrogens (tertiary/aromatic N) is 4. The average molecular weight is 291 g/mol. The zero-order valence-electron chi connectivity index (χ0n) is 11.7. The molecule has 0 unspecified atom stereocenters. The van der Waals surface area contributed by atoms with Gasteiger partial charge in [0, 0.05) is 24.0 Å². The van der Waals surface area contributed by atoms with Crippen LogP contribution in [0.15, 0.2) is 36.8 Å². The number of nitrogen functional groups attached to an aromatic ring is 1. The third-order valence-electron chi connectivity index (χ3n) is 3.63. The van der Waals surface area contributed by atoms with Crippen molar-refractivity contribution in [2.75, 3.05) is 5.73 Å². The third-order valence-corrected chi connectivity index (χ3v) is 3.63. The fourth-order valence-electron chi connectivity index (χ4n) is 2.22. The van der Waals surface area contributed by atoms with Gasteiger partial charge in [0.25, 0.3) is 0 Å². The van der Waals surface area contributed by atoms with Crippen molar-refractivity contribution in [3.63, 3.8) is 0 Å². The molecule has 3 aromatic heterocycles. The quantitative estimate of drug-likeness (QED) is 0.659. The van der Waals surface area contributed by atoms with Gasteiger partial charge in [0.05, 0.1) is 5.52 Å². The topological polar surface area (TPSA) is 89.8 Å². The molecule has 3 aromatic rings. The van der Waals surface area contributed by atoms with Gasteiger partial charge in [0.15, 0.2) is 0 Å². The lowest BCUT2D eigenvalue weighted by molar-refractivity contribution is 0.212. The number of rotatable bonds is 1. The molecular formula is C16H13N5O. The van der Waals surface area contributed by atoms with Crippen LogP contribution in [0.2, 0.25) is 0 Å². The minimum atomic E-state index is -0.806. The lowest BCUT2D eigenvalue weighted by Gasteiger charge is -2.04. The van der Waals surface area contributed by atoms with E-state index in [0.29, 0.717) is 11.5 Å². The zero-order valence-corrected chi connectivity index (χ0v) is 11.7. The van der Waals surface area contributed by atoms with Crippen LogP contribution < -0.4 is 5.73 Å². The van der Waals surface area contributed by atoms with E-state index in [0.717, 1.165) is 23.7 Å². The van der Waals surface area contributed by atoms with Gasteiger partial charge in [-0.3, -0.25) is 0 Å². The number of hydrogen-bond donors (Lipinski definition) is 2. The smallest absolute Gasteiger partial charge is 0.221 e. The lowest BCUT2D eigenvalue weighted by Crippen LogP contribution is -2.02. The van der Waals surface area contributed by atoms with Crippen LogP contribution in [0.5, 0.6) is 0 Å². The van der Waals surface area contributed by atoms with Crippen molar-refractivity contribution in [1.82, 2.24) is 19.5 Å². The Morgan fingerprint density at radius 2 is 2.14 bits per heavy atom. The van der Waals surface area contributed by atoms with E-state index in [4.69, 9.17) is 5.73 Å². The Balaban J connectivity index is 1.81. The highest BCUT2D eigenvalue weighted by Crippen LogP contribution is 2.34. The molecule has 1 aliphatic rings. The van der Waals surface area contributed by atoms with E-state index in [9.17, 15) is 5.11 Å². The first-order valence-corrected chi connectivity index (χ1v) is 6.95. The summed E-state index contributed by atoms with van der Waals surface area (Å²) < 4.78 is 1.91. The number of aromatic nitrogens is 4. The third kappa shape index (κ3) is 2.28. The summed E-state index contributed by atoms with van der Waals surface area (Å²) in [7, 11) is 0. The van der Waals surface area contributed by atoms with Gasteiger partial charge in [-0.05, 0) is 37.0 Å². The summed E-state index contributed by atoms with van der Waals surface area (Å²) in [4.78, 5) is 12.4. The van der Waals surface area contributed by atoms with Gasteiger partial charge in [-0.15, -0.1) is 0 Å². The number of hydrogen-bond acceptors (Lipinski definition) is 5. The number of nitrogens with two attached hydrogens (primary N) is 1. The average Bonchev–Trinajstić information content (AvgIpc) is 3.11. The zero-order chi connectivity index (χ0) is 15.2. The van der Waals surface area contributed by atoms with E-state index in [1.807, 2.05) is 22.9 Å². The van der Waals surface area contributed by atoms with Crippen molar-refractivity contribution >= 4 is 16.9 Å². The molecule has 22 heavy (non-hydrogen) atoms. The second-order valence-corrected chi connectivity index (χ2v) is 5.37. The van der Waals surface area contributed by atoms with Crippen LogP contribution in [0.25, 0.3) is 16.7 Å². The van der Waals surface area contributed by atoms with E-state index in [-0.39, 0.29) is 5.95 Å². The summed E-state index contributed by atoms with van der Waals surface area (Å²) >= 11 is 0. The molecule has 0 amide bonds. The van der Waals surface area contributed by atoms with Gasteiger partial charge in [-0.1, -0.05) is 5.92 Å². The standard InChI is InChI=1S/C16H13N5O/c17-15-18-7-2-14(20-15)21-8-3-11-10-19-12(9-13(11)21)1-4-16(22)5-6-16/h2-3,7-10,22H,5-6H2,(H2,17,18,20). The molecule has 4 rings (SSSR count). The molecule has 6 nitrogen and oxygen atoms in total. The number of aliphatic hydroxyl groups is 1. The molecule has 0 aliphatic heterocycles. The molecule has 1 aliphatic carbocycles. The van der Waals surface area contributed by atoms with Crippen LogP contribution in [0.3, 0.4) is 0 Å². The van der Waals surface area contributed by atoms with Crippen LogP contribution in [0, 0.1) is 11.8 Å². The molecule has 0 atom stereocenters. The van der Waals surface area contributed by atoms with Gasteiger partial charge in [0.2, 0.25) is 5.95 Å². The van der Waals surface area contributed by atoms with Crippen molar-refractivity contribution in [1.29, 1.82) is 0 Å². The summed E-state index contributed by atoms with van der Waals surface area (Å²) in [5.41, 5.74) is 6.39. The SMILES string of the molecule is Nc1nccc(-n2ccc3cnc(C#CC4(O)CC4)cc32)n1. The fraction of sp³-hybridized carbons (Fsp3) is 0.188. The molecule has 0 bridgehead atoms. The Labute approximate surface area is 126 Å². The summed E-state index contributed by atoms with van der Waals surface area (Å²) in [6, 6.07) is 5.62. The van der Waals surface area contributed by atoms with Crippen molar-refractivity contribution in [2.45, 2.75) is 18.4 Å². The van der Waals surface area contributed by atoms with E-state index in [2.05, 4.69) is 26.8 Å². The molecule has 3 N–H and O–H groups in total. The summed E-state index contributed by atoms with van der Waals surface area (Å²) in [5, 5.41) is 10.8. The molecule has 6 heteroatoms. The Morgan fingerprint density at radius 1 is 1.27 bits per heavy atom. The first-order valence-electron chi connectivity index (χ1n) is 6.95. The van der Waals surface area contributed by atoms with Crippen LogP contribution in [-0.2, 0) is 0 Å². The molecule has 0 radical (unpaired) electrons. The second kappa shape index (κ2) is 4.55. The van der Waals surface area contributed by atoms with Gasteiger partial charge < -0.3 is 15.4 Å². The molecule has 1 saturated carbocycles. The van der Waals surface area contributed by atoms with Gasteiger partial charge in [-0.25, -0.2) is 9.97 Å². The van der Waals surface area contributed by atoms with Crippen LogP contribution >= 0.6 is 0 Å². The number of anilines is 1. The first-order chi connectivity index (χ1) is 10.6. The predicted octanol–water partition coefficient (Wildman–Crippen LogP) is 1.27. The van der Waals surface area contributed by atoms with Crippen molar-refractivity contribution < 1.29 is 5.11 Å². The summed E-state index contributed by atoms with van der Waals surface area (Å²) in [6.07, 6.45) is 6.75. The first kappa shape index (κ1) is 12.8. The maximum absolute atomic E-state index is 9.79. The summed E-state index contributed by atoms with van der Waals surface area (Å²) in [6.45, 7) is 0. The van der Waals surface area contributed by atoms with Crippen LogP contribution in [-0.4, -0.2) is 30.2 Å². The predicted molar refractivity (Wildman–Crippen MR) is 82.1 cm³/mol.